The third kappa shape index (κ3) is 4.04. The van der Waals surface area contributed by atoms with Crippen molar-refractivity contribution < 1.29 is 14.9 Å². The molecule has 0 radical (unpaired) electrons. The quantitative estimate of drug-likeness (QED) is 0.410. The number of anilines is 1. The van der Waals surface area contributed by atoms with Crippen molar-refractivity contribution in [3.05, 3.63) is 60.7 Å². The van der Waals surface area contributed by atoms with Crippen molar-refractivity contribution in [1.29, 1.82) is 0 Å². The van der Waals surface area contributed by atoms with Crippen LogP contribution in [0.25, 0.3) is 21.9 Å². The van der Waals surface area contributed by atoms with Gasteiger partial charge < -0.3 is 20.7 Å². The highest BCUT2D eigenvalue weighted by molar-refractivity contribution is 5.83. The molecule has 5 rings (SSSR count). The van der Waals surface area contributed by atoms with E-state index in [-0.39, 0.29) is 11.9 Å². The molecule has 0 amide bonds. The summed E-state index contributed by atoms with van der Waals surface area (Å²) < 4.78 is 7.75. The number of rotatable bonds is 6. The minimum atomic E-state index is -1.13. The van der Waals surface area contributed by atoms with Gasteiger partial charge in [-0.25, -0.2) is 15.0 Å². The number of aromatic nitrogens is 4. The molecule has 1 aliphatic rings. The third-order valence-electron chi connectivity index (χ3n) is 6.34. The summed E-state index contributed by atoms with van der Waals surface area (Å²) in [6.07, 6.45) is -0.727. The number of aliphatic hydroxyl groups is 2. The Balaban J connectivity index is 1.35. The van der Waals surface area contributed by atoms with Crippen molar-refractivity contribution >= 4 is 27.8 Å². The van der Waals surface area contributed by atoms with Gasteiger partial charge in [0.05, 0.1) is 6.33 Å². The van der Waals surface area contributed by atoms with Crippen molar-refractivity contribution in [1.82, 2.24) is 24.4 Å². The van der Waals surface area contributed by atoms with Crippen LogP contribution in [0.1, 0.15) is 25.6 Å². The fraction of sp³-hybridized carbons (Fsp3) is 0.375. The zero-order valence-corrected chi connectivity index (χ0v) is 18.6. The van der Waals surface area contributed by atoms with Gasteiger partial charge in [0.2, 0.25) is 0 Å². The molecule has 0 spiro atoms. The first-order chi connectivity index (χ1) is 15.9. The van der Waals surface area contributed by atoms with Gasteiger partial charge in [-0.3, -0.25) is 9.47 Å². The van der Waals surface area contributed by atoms with Gasteiger partial charge in [-0.2, -0.15) is 0 Å². The Morgan fingerprint density at radius 1 is 1.06 bits per heavy atom. The number of nitrogens with two attached hydrogens (primary N) is 1. The van der Waals surface area contributed by atoms with Crippen LogP contribution in [0.15, 0.2) is 55.1 Å². The summed E-state index contributed by atoms with van der Waals surface area (Å²) in [5.74, 6) is 0.254. The van der Waals surface area contributed by atoms with Crippen molar-refractivity contribution in [3.8, 4) is 0 Å². The van der Waals surface area contributed by atoms with Crippen LogP contribution in [0.3, 0.4) is 0 Å². The monoisotopic (exact) mass is 448 g/mol. The van der Waals surface area contributed by atoms with Crippen molar-refractivity contribution in [3.63, 3.8) is 0 Å². The second kappa shape index (κ2) is 8.68. The highest BCUT2D eigenvalue weighted by Gasteiger charge is 2.45. The fourth-order valence-electron chi connectivity index (χ4n) is 4.43. The number of benzene rings is 2. The average molecular weight is 449 g/mol. The smallest absolute Gasteiger partial charge is 0.167 e. The number of hydrogen-bond donors (Lipinski definition) is 3. The molecule has 1 aliphatic heterocycles. The summed E-state index contributed by atoms with van der Waals surface area (Å²) >= 11 is 0. The maximum atomic E-state index is 10.8. The molecule has 2 aromatic carbocycles. The Bertz CT molecular complexity index is 1280. The number of ether oxygens (including phenoxy) is 1. The lowest BCUT2D eigenvalue weighted by molar-refractivity contribution is -0.0477. The molecular formula is C24H28N6O3. The van der Waals surface area contributed by atoms with E-state index in [4.69, 9.17) is 10.5 Å². The number of aliphatic hydroxyl groups excluding tert-OH is 2. The number of nitrogens with zero attached hydrogens (tertiary/aromatic N) is 5. The molecule has 9 heteroatoms. The molecule has 0 unspecified atom stereocenters. The topological polar surface area (TPSA) is 123 Å². The molecule has 1 saturated heterocycles. The van der Waals surface area contributed by atoms with Crippen LogP contribution in [0.4, 0.5) is 5.82 Å². The van der Waals surface area contributed by atoms with E-state index in [1.807, 2.05) is 12.1 Å². The summed E-state index contributed by atoms with van der Waals surface area (Å²) in [4.78, 5) is 14.7. The predicted octanol–water partition coefficient (Wildman–Crippen LogP) is 2.09. The summed E-state index contributed by atoms with van der Waals surface area (Å²) in [6.45, 7) is 5.38. The third-order valence-corrected chi connectivity index (χ3v) is 6.34. The predicted molar refractivity (Wildman–Crippen MR) is 125 cm³/mol. The van der Waals surface area contributed by atoms with Crippen LogP contribution in [0, 0.1) is 0 Å². The van der Waals surface area contributed by atoms with E-state index in [0.29, 0.717) is 24.3 Å². The van der Waals surface area contributed by atoms with Gasteiger partial charge in [0.15, 0.2) is 17.7 Å². The molecule has 3 heterocycles. The minimum Gasteiger partial charge on any atom is -0.387 e. The fourth-order valence-corrected chi connectivity index (χ4v) is 4.43. The Labute approximate surface area is 191 Å². The zero-order valence-electron chi connectivity index (χ0n) is 18.6. The molecule has 172 valence electrons. The maximum Gasteiger partial charge on any atom is 0.167 e. The lowest BCUT2D eigenvalue weighted by atomic mass is 10.1. The summed E-state index contributed by atoms with van der Waals surface area (Å²) in [7, 11) is 0. The standard InChI is InChI=1S/C24H28N6O3/c1-14(2)29(10-15-7-8-16-5-3-4-6-17(16)9-15)11-18-20(31)21(32)24(33-18)30-13-28-19-22(25)26-12-27-23(19)30/h3-9,12-14,18,20-21,24,31-32H,10-11H2,1-2H3,(H2,25,26,27)/t18-,20-,21-,24-/m1/s1. The molecule has 4 aromatic rings. The van der Waals surface area contributed by atoms with E-state index in [2.05, 4.69) is 64.0 Å². The van der Waals surface area contributed by atoms with Crippen molar-refractivity contribution in [2.45, 2.75) is 51.0 Å². The Morgan fingerprint density at radius 3 is 2.64 bits per heavy atom. The second-order valence-corrected chi connectivity index (χ2v) is 8.83. The number of fused-ring (bicyclic) bond motifs is 2. The Hall–Kier alpha value is -3.11. The second-order valence-electron chi connectivity index (χ2n) is 8.83. The zero-order chi connectivity index (χ0) is 23.1. The molecule has 0 saturated carbocycles. The first kappa shape index (κ1) is 21.7. The summed E-state index contributed by atoms with van der Waals surface area (Å²) in [6, 6.07) is 14.9. The van der Waals surface area contributed by atoms with Gasteiger partial charge in [-0.15, -0.1) is 0 Å². The van der Waals surface area contributed by atoms with Gasteiger partial charge in [0.25, 0.3) is 0 Å². The van der Waals surface area contributed by atoms with Crippen LogP contribution in [-0.4, -0.2) is 65.5 Å². The number of nitrogen functional groups attached to an aromatic ring is 1. The molecule has 1 fully saturated rings. The van der Waals surface area contributed by atoms with Crippen LogP contribution in [0.5, 0.6) is 0 Å². The first-order valence-electron chi connectivity index (χ1n) is 11.1. The van der Waals surface area contributed by atoms with E-state index >= 15 is 0 Å². The maximum absolute atomic E-state index is 10.8. The minimum absolute atomic E-state index is 0.213. The van der Waals surface area contributed by atoms with Gasteiger partial charge in [0.1, 0.15) is 30.2 Å². The Morgan fingerprint density at radius 2 is 1.85 bits per heavy atom. The van der Waals surface area contributed by atoms with Gasteiger partial charge in [0, 0.05) is 19.1 Å². The molecule has 4 atom stereocenters. The average Bonchev–Trinajstić information content (AvgIpc) is 3.36. The van der Waals surface area contributed by atoms with E-state index < -0.39 is 24.5 Å². The molecule has 0 aliphatic carbocycles. The van der Waals surface area contributed by atoms with Crippen molar-refractivity contribution in [2.24, 2.45) is 0 Å². The highest BCUT2D eigenvalue weighted by Crippen LogP contribution is 2.33. The largest absolute Gasteiger partial charge is 0.387 e. The van der Waals surface area contributed by atoms with Crippen LogP contribution < -0.4 is 5.73 Å². The van der Waals surface area contributed by atoms with E-state index in [9.17, 15) is 10.2 Å². The highest BCUT2D eigenvalue weighted by atomic mass is 16.6. The SMILES string of the molecule is CC(C)N(Cc1ccc2ccccc2c1)C[C@H]1O[C@@H](n2cnc3c(N)ncnc32)[C@H](O)[C@@H]1O. The van der Waals surface area contributed by atoms with Gasteiger partial charge in [-0.05, 0) is 36.2 Å². The molecule has 33 heavy (non-hydrogen) atoms. The van der Waals surface area contributed by atoms with Crippen LogP contribution in [-0.2, 0) is 11.3 Å². The van der Waals surface area contributed by atoms with E-state index in [1.54, 1.807) is 4.57 Å². The Kier molecular flexibility index (Phi) is 5.71. The van der Waals surface area contributed by atoms with Gasteiger partial charge >= 0.3 is 0 Å². The molecule has 0 bridgehead atoms. The lowest BCUT2D eigenvalue weighted by Crippen LogP contribution is -2.42. The molecule has 2 aromatic heterocycles. The van der Waals surface area contributed by atoms with Crippen LogP contribution in [0.2, 0.25) is 0 Å². The summed E-state index contributed by atoms with van der Waals surface area (Å²) in [5.41, 5.74) is 7.95. The lowest BCUT2D eigenvalue weighted by Gasteiger charge is -2.30. The number of hydrogen-bond acceptors (Lipinski definition) is 8. The molecular weight excluding hydrogens is 420 g/mol. The van der Waals surface area contributed by atoms with Crippen molar-refractivity contribution in [2.75, 3.05) is 12.3 Å². The summed E-state index contributed by atoms with van der Waals surface area (Å²) in [5, 5.41) is 24.0. The van der Waals surface area contributed by atoms with E-state index in [0.717, 1.165) is 0 Å². The van der Waals surface area contributed by atoms with Gasteiger partial charge in [-0.1, -0.05) is 36.4 Å². The molecule has 4 N–H and O–H groups in total. The van der Waals surface area contributed by atoms with E-state index in [1.165, 1.54) is 29.0 Å². The number of imidazole rings is 1. The normalized spacial score (nSPS) is 23.3. The molecule has 9 nitrogen and oxygen atoms in total. The first-order valence-corrected chi connectivity index (χ1v) is 11.1. The van der Waals surface area contributed by atoms with Crippen LogP contribution >= 0.6 is 0 Å².